The van der Waals surface area contributed by atoms with E-state index in [1.54, 1.807) is 4.31 Å². The topological polar surface area (TPSA) is 37.4 Å². The van der Waals surface area contributed by atoms with Crippen molar-refractivity contribution in [1.82, 2.24) is 4.31 Å². The summed E-state index contributed by atoms with van der Waals surface area (Å²) in [6.45, 7) is 5.48. The third-order valence-corrected chi connectivity index (χ3v) is 6.32. The summed E-state index contributed by atoms with van der Waals surface area (Å²) in [4.78, 5) is 0. The van der Waals surface area contributed by atoms with Gasteiger partial charge < -0.3 is 0 Å². The summed E-state index contributed by atoms with van der Waals surface area (Å²) in [7, 11) is -3.11. The monoisotopic (exact) mass is 295 g/mol. The zero-order chi connectivity index (χ0) is 13.6. The van der Waals surface area contributed by atoms with Crippen molar-refractivity contribution in [3.63, 3.8) is 0 Å². The molecule has 18 heavy (non-hydrogen) atoms. The van der Waals surface area contributed by atoms with Crippen molar-refractivity contribution in [2.75, 3.05) is 24.7 Å². The molecule has 1 heterocycles. The lowest BCUT2D eigenvalue weighted by Gasteiger charge is -2.21. The van der Waals surface area contributed by atoms with E-state index in [4.69, 9.17) is 11.6 Å². The van der Waals surface area contributed by atoms with Crippen molar-refractivity contribution in [3.05, 3.63) is 0 Å². The zero-order valence-electron chi connectivity index (χ0n) is 11.6. The van der Waals surface area contributed by atoms with E-state index in [1.807, 2.05) is 6.92 Å². The molecule has 1 fully saturated rings. The van der Waals surface area contributed by atoms with Gasteiger partial charge in [-0.15, -0.1) is 11.6 Å². The number of rotatable bonds is 6. The van der Waals surface area contributed by atoms with Gasteiger partial charge in [-0.05, 0) is 31.1 Å². The smallest absolute Gasteiger partial charge is 0.212 e. The van der Waals surface area contributed by atoms with Crippen molar-refractivity contribution in [3.8, 4) is 0 Å². The van der Waals surface area contributed by atoms with Crippen LogP contribution in [0.5, 0.6) is 0 Å². The summed E-state index contributed by atoms with van der Waals surface area (Å²) in [5.41, 5.74) is 0. The van der Waals surface area contributed by atoms with Gasteiger partial charge in [0.05, 0.1) is 5.75 Å². The minimum absolute atomic E-state index is 0.0337. The molecule has 1 aliphatic rings. The SMILES string of the molecule is CCCC1CCCN(S(=O)(=O)CC(C)CCl)CC1. The fourth-order valence-electron chi connectivity index (χ4n) is 2.62. The Labute approximate surface area is 117 Å². The maximum absolute atomic E-state index is 12.2. The first kappa shape index (κ1) is 16.3. The molecular weight excluding hydrogens is 270 g/mol. The van der Waals surface area contributed by atoms with Crippen LogP contribution in [0.25, 0.3) is 0 Å². The van der Waals surface area contributed by atoms with Gasteiger partial charge in [-0.25, -0.2) is 12.7 Å². The Morgan fingerprint density at radius 1 is 1.33 bits per heavy atom. The van der Waals surface area contributed by atoms with Crippen LogP contribution in [0.1, 0.15) is 46.0 Å². The summed E-state index contributed by atoms with van der Waals surface area (Å²) in [6, 6.07) is 0. The Morgan fingerprint density at radius 2 is 2.06 bits per heavy atom. The van der Waals surface area contributed by atoms with Gasteiger partial charge in [-0.1, -0.05) is 26.7 Å². The van der Waals surface area contributed by atoms with Crippen molar-refractivity contribution < 1.29 is 8.42 Å². The minimum atomic E-state index is -3.11. The predicted molar refractivity (Wildman–Crippen MR) is 77.5 cm³/mol. The van der Waals surface area contributed by atoms with Gasteiger partial charge in [0.2, 0.25) is 10.0 Å². The second kappa shape index (κ2) is 7.71. The number of nitrogens with zero attached hydrogens (tertiary/aromatic N) is 1. The average molecular weight is 296 g/mol. The molecule has 0 saturated carbocycles. The molecule has 0 bridgehead atoms. The van der Waals surface area contributed by atoms with Crippen LogP contribution in [0.4, 0.5) is 0 Å². The summed E-state index contributed by atoms with van der Waals surface area (Å²) in [6.07, 6.45) is 5.61. The molecule has 0 N–H and O–H groups in total. The summed E-state index contributed by atoms with van der Waals surface area (Å²) >= 11 is 5.71. The highest BCUT2D eigenvalue weighted by Crippen LogP contribution is 2.24. The van der Waals surface area contributed by atoms with Crippen molar-refractivity contribution in [2.24, 2.45) is 11.8 Å². The van der Waals surface area contributed by atoms with Crippen molar-refractivity contribution >= 4 is 21.6 Å². The van der Waals surface area contributed by atoms with Gasteiger partial charge in [0.15, 0.2) is 0 Å². The molecule has 0 aromatic carbocycles. The molecule has 0 aromatic rings. The lowest BCUT2D eigenvalue weighted by molar-refractivity contribution is 0.397. The molecule has 0 aromatic heterocycles. The predicted octanol–water partition coefficient (Wildman–Crippen LogP) is 3.09. The first-order chi connectivity index (χ1) is 8.49. The molecule has 1 aliphatic heterocycles. The molecule has 0 spiro atoms. The fourth-order valence-corrected chi connectivity index (χ4v) is 4.70. The Balaban J connectivity index is 2.56. The molecule has 5 heteroatoms. The highest BCUT2D eigenvalue weighted by molar-refractivity contribution is 7.89. The van der Waals surface area contributed by atoms with E-state index in [0.717, 1.165) is 12.8 Å². The molecule has 1 saturated heterocycles. The van der Waals surface area contributed by atoms with Crippen LogP contribution in [-0.2, 0) is 10.0 Å². The van der Waals surface area contributed by atoms with E-state index < -0.39 is 10.0 Å². The van der Waals surface area contributed by atoms with Crippen molar-refractivity contribution in [1.29, 1.82) is 0 Å². The first-order valence-corrected chi connectivity index (χ1v) is 9.17. The molecule has 2 atom stereocenters. The maximum atomic E-state index is 12.2. The molecule has 2 unspecified atom stereocenters. The number of hydrogen-bond donors (Lipinski definition) is 0. The van der Waals surface area contributed by atoms with Gasteiger partial charge in [-0.3, -0.25) is 0 Å². The van der Waals surface area contributed by atoms with E-state index in [-0.39, 0.29) is 11.7 Å². The highest BCUT2D eigenvalue weighted by atomic mass is 35.5. The number of halogens is 1. The van der Waals surface area contributed by atoms with Crippen LogP contribution < -0.4 is 0 Å². The molecule has 108 valence electrons. The molecule has 3 nitrogen and oxygen atoms in total. The molecule has 0 aliphatic carbocycles. The second-order valence-electron chi connectivity index (χ2n) is 5.52. The fraction of sp³-hybridized carbons (Fsp3) is 1.00. The largest absolute Gasteiger partial charge is 0.214 e. The molecule has 1 rings (SSSR count). The summed E-state index contributed by atoms with van der Waals surface area (Å²) in [5.74, 6) is 1.34. The number of sulfonamides is 1. The maximum Gasteiger partial charge on any atom is 0.214 e. The van der Waals surface area contributed by atoms with Gasteiger partial charge >= 0.3 is 0 Å². The van der Waals surface area contributed by atoms with Gasteiger partial charge in [-0.2, -0.15) is 0 Å². The standard InChI is InChI=1S/C13H26ClNO2S/c1-3-5-13-6-4-8-15(9-7-13)18(16,17)11-12(2)10-14/h12-13H,3-11H2,1-2H3. The van der Waals surface area contributed by atoms with Crippen LogP contribution >= 0.6 is 11.6 Å². The molecule has 0 amide bonds. The second-order valence-corrected chi connectivity index (χ2v) is 7.84. The lowest BCUT2D eigenvalue weighted by Crippen LogP contribution is -2.36. The zero-order valence-corrected chi connectivity index (χ0v) is 13.1. The third kappa shape index (κ3) is 5.06. The highest BCUT2D eigenvalue weighted by Gasteiger charge is 2.26. The Kier molecular flexibility index (Phi) is 6.96. The van der Waals surface area contributed by atoms with Crippen molar-refractivity contribution in [2.45, 2.75) is 46.0 Å². The van der Waals surface area contributed by atoms with Crippen LogP contribution in [0.15, 0.2) is 0 Å². The van der Waals surface area contributed by atoms with E-state index in [9.17, 15) is 8.42 Å². The molecular formula is C13H26ClNO2S. The van der Waals surface area contributed by atoms with E-state index in [2.05, 4.69) is 6.92 Å². The third-order valence-electron chi connectivity index (χ3n) is 3.66. The average Bonchev–Trinajstić information content (AvgIpc) is 2.55. The minimum Gasteiger partial charge on any atom is -0.212 e. The Hall–Kier alpha value is 0.200. The van der Waals surface area contributed by atoms with E-state index in [1.165, 1.54) is 19.3 Å². The van der Waals surface area contributed by atoms with Gasteiger partial charge in [0, 0.05) is 19.0 Å². The lowest BCUT2D eigenvalue weighted by atomic mass is 9.96. The summed E-state index contributed by atoms with van der Waals surface area (Å²) in [5, 5.41) is 0. The molecule has 0 radical (unpaired) electrons. The Morgan fingerprint density at radius 3 is 2.67 bits per heavy atom. The van der Waals surface area contributed by atoms with E-state index >= 15 is 0 Å². The van der Waals surface area contributed by atoms with Crippen LogP contribution in [0, 0.1) is 11.8 Å². The van der Waals surface area contributed by atoms with Crippen LogP contribution in [-0.4, -0.2) is 37.4 Å². The number of alkyl halides is 1. The first-order valence-electron chi connectivity index (χ1n) is 7.03. The quantitative estimate of drug-likeness (QED) is 0.706. The van der Waals surface area contributed by atoms with Gasteiger partial charge in [0.1, 0.15) is 0 Å². The summed E-state index contributed by atoms with van der Waals surface area (Å²) < 4.78 is 26.2. The Bertz CT molecular complexity index is 332. The normalized spacial score (nSPS) is 24.7. The van der Waals surface area contributed by atoms with Gasteiger partial charge in [0.25, 0.3) is 0 Å². The number of hydrogen-bond acceptors (Lipinski definition) is 2. The van der Waals surface area contributed by atoms with Crippen LogP contribution in [0.3, 0.4) is 0 Å². The van der Waals surface area contributed by atoms with E-state index in [0.29, 0.717) is 24.9 Å². The van der Waals surface area contributed by atoms with Crippen LogP contribution in [0.2, 0.25) is 0 Å².